The third kappa shape index (κ3) is 2.42. The van der Waals surface area contributed by atoms with Gasteiger partial charge in [-0.1, -0.05) is 6.92 Å². The molecule has 0 saturated heterocycles. The number of aryl methyl sites for hydroxylation is 1. The van der Waals surface area contributed by atoms with E-state index in [1.807, 2.05) is 26.8 Å². The van der Waals surface area contributed by atoms with Crippen LogP contribution >= 0.6 is 0 Å². The summed E-state index contributed by atoms with van der Waals surface area (Å²) in [4.78, 5) is 26.6. The number of hydrogen-bond acceptors (Lipinski definition) is 4. The van der Waals surface area contributed by atoms with E-state index in [0.717, 1.165) is 11.3 Å². The lowest BCUT2D eigenvalue weighted by Crippen LogP contribution is -2.38. The van der Waals surface area contributed by atoms with Crippen LogP contribution in [0.4, 0.5) is 0 Å². The molecule has 23 heavy (non-hydrogen) atoms. The van der Waals surface area contributed by atoms with Gasteiger partial charge in [0.2, 0.25) is 5.91 Å². The second kappa shape index (κ2) is 5.91. The third-order valence-electron chi connectivity index (χ3n) is 4.09. The zero-order valence-corrected chi connectivity index (χ0v) is 13.6. The Bertz CT molecular complexity index is 915. The van der Waals surface area contributed by atoms with Gasteiger partial charge in [-0.2, -0.15) is 5.10 Å². The van der Waals surface area contributed by atoms with Crippen LogP contribution in [0, 0.1) is 0 Å². The number of likely N-dealkylation sites (N-methyl/N-ethyl adjacent to an activating group) is 1. The van der Waals surface area contributed by atoms with Gasteiger partial charge >= 0.3 is 0 Å². The van der Waals surface area contributed by atoms with Crippen LogP contribution in [0.3, 0.4) is 0 Å². The standard InChI is InChI=1S/C16H20N4O3/c1-4-14-17-19(10-15(21)18(5-2)6-3)16(22)12-9-13-11(20(12)14)7-8-23-13/h7-9H,4-6,10H2,1-3H3. The van der Waals surface area contributed by atoms with Crippen molar-refractivity contribution in [1.29, 1.82) is 0 Å². The van der Waals surface area contributed by atoms with Crippen LogP contribution in [0.25, 0.3) is 16.6 Å². The molecule has 0 spiro atoms. The highest BCUT2D eigenvalue weighted by atomic mass is 16.3. The molecule has 0 fully saturated rings. The predicted molar refractivity (Wildman–Crippen MR) is 86.5 cm³/mol. The molecule has 122 valence electrons. The normalized spacial score (nSPS) is 11.4. The van der Waals surface area contributed by atoms with Crippen LogP contribution in [-0.4, -0.2) is 38.1 Å². The average Bonchev–Trinajstić information content (AvgIpc) is 3.12. The fourth-order valence-electron chi connectivity index (χ4n) is 2.86. The molecule has 3 aromatic rings. The van der Waals surface area contributed by atoms with Gasteiger partial charge < -0.3 is 9.32 Å². The highest BCUT2D eigenvalue weighted by Gasteiger charge is 2.18. The van der Waals surface area contributed by atoms with E-state index < -0.39 is 0 Å². The minimum Gasteiger partial charge on any atom is -0.463 e. The maximum absolute atomic E-state index is 12.7. The van der Waals surface area contributed by atoms with Gasteiger partial charge in [0.15, 0.2) is 5.58 Å². The van der Waals surface area contributed by atoms with Crippen molar-refractivity contribution in [1.82, 2.24) is 19.1 Å². The number of rotatable bonds is 5. The molecule has 3 heterocycles. The summed E-state index contributed by atoms with van der Waals surface area (Å²) in [7, 11) is 0. The molecule has 3 aromatic heterocycles. The fourth-order valence-corrected chi connectivity index (χ4v) is 2.86. The molecule has 0 aliphatic carbocycles. The number of fused-ring (bicyclic) bond motifs is 3. The Morgan fingerprint density at radius 2 is 2.00 bits per heavy atom. The van der Waals surface area contributed by atoms with Crippen molar-refractivity contribution in [3.05, 3.63) is 34.6 Å². The van der Waals surface area contributed by atoms with Gasteiger partial charge in [-0.3, -0.25) is 14.0 Å². The molecule has 7 nitrogen and oxygen atoms in total. The van der Waals surface area contributed by atoms with Crippen LogP contribution in [-0.2, 0) is 17.8 Å². The lowest BCUT2D eigenvalue weighted by molar-refractivity contribution is -0.131. The molecule has 0 unspecified atom stereocenters. The first-order valence-electron chi connectivity index (χ1n) is 7.87. The zero-order valence-electron chi connectivity index (χ0n) is 13.6. The molecular weight excluding hydrogens is 296 g/mol. The highest BCUT2D eigenvalue weighted by Crippen LogP contribution is 2.20. The van der Waals surface area contributed by atoms with Gasteiger partial charge in [0, 0.05) is 31.6 Å². The lowest BCUT2D eigenvalue weighted by Gasteiger charge is -2.19. The van der Waals surface area contributed by atoms with Crippen molar-refractivity contribution in [2.45, 2.75) is 33.7 Å². The molecule has 0 N–H and O–H groups in total. The number of carbonyl (C=O) groups is 1. The van der Waals surface area contributed by atoms with Gasteiger partial charge in [-0.25, -0.2) is 4.68 Å². The van der Waals surface area contributed by atoms with Gasteiger partial charge in [0.25, 0.3) is 5.56 Å². The molecule has 1 amide bonds. The van der Waals surface area contributed by atoms with E-state index in [2.05, 4.69) is 5.10 Å². The molecule has 0 bridgehead atoms. The minimum absolute atomic E-state index is 0.0451. The molecular formula is C16H20N4O3. The fraction of sp³-hybridized carbons (Fsp3) is 0.438. The predicted octanol–water partition coefficient (Wildman–Crippen LogP) is 1.67. The van der Waals surface area contributed by atoms with E-state index in [-0.39, 0.29) is 18.0 Å². The van der Waals surface area contributed by atoms with Crippen molar-refractivity contribution in [2.24, 2.45) is 0 Å². The number of nitrogens with zero attached hydrogens (tertiary/aromatic N) is 4. The van der Waals surface area contributed by atoms with Crippen molar-refractivity contribution >= 4 is 22.5 Å². The summed E-state index contributed by atoms with van der Waals surface area (Å²) >= 11 is 0. The summed E-state index contributed by atoms with van der Waals surface area (Å²) < 4.78 is 8.44. The number of aromatic nitrogens is 3. The summed E-state index contributed by atoms with van der Waals surface area (Å²) in [6.07, 6.45) is 2.23. The van der Waals surface area contributed by atoms with E-state index in [9.17, 15) is 9.59 Å². The third-order valence-corrected chi connectivity index (χ3v) is 4.09. The summed E-state index contributed by atoms with van der Waals surface area (Å²) in [5, 5.41) is 4.39. The largest absolute Gasteiger partial charge is 0.463 e. The van der Waals surface area contributed by atoms with Crippen molar-refractivity contribution in [2.75, 3.05) is 13.1 Å². The quantitative estimate of drug-likeness (QED) is 0.718. The van der Waals surface area contributed by atoms with Crippen molar-refractivity contribution in [3.8, 4) is 0 Å². The topological polar surface area (TPSA) is 72.8 Å². The van der Waals surface area contributed by atoms with Crippen LogP contribution in [0.15, 0.2) is 27.6 Å². The van der Waals surface area contributed by atoms with Crippen LogP contribution in [0.1, 0.15) is 26.6 Å². The van der Waals surface area contributed by atoms with E-state index in [1.54, 1.807) is 21.6 Å². The van der Waals surface area contributed by atoms with Crippen molar-refractivity contribution < 1.29 is 9.21 Å². The Balaban J connectivity index is 2.13. The minimum atomic E-state index is -0.283. The monoisotopic (exact) mass is 316 g/mol. The molecule has 0 aliphatic heterocycles. The van der Waals surface area contributed by atoms with Gasteiger partial charge in [-0.05, 0) is 13.8 Å². The molecule has 0 saturated carbocycles. The summed E-state index contributed by atoms with van der Waals surface area (Å²) in [6.45, 7) is 6.99. The Hall–Kier alpha value is -2.57. The summed E-state index contributed by atoms with van der Waals surface area (Å²) in [5.41, 5.74) is 1.67. The summed E-state index contributed by atoms with van der Waals surface area (Å²) in [5.74, 6) is 0.620. The average molecular weight is 316 g/mol. The summed E-state index contributed by atoms with van der Waals surface area (Å²) in [6, 6.07) is 3.52. The molecule has 0 atom stereocenters. The lowest BCUT2D eigenvalue weighted by atomic mass is 10.4. The second-order valence-corrected chi connectivity index (χ2v) is 5.33. The molecule has 0 aliphatic rings. The van der Waals surface area contributed by atoms with Crippen LogP contribution in [0.5, 0.6) is 0 Å². The Kier molecular flexibility index (Phi) is 3.94. The van der Waals surface area contributed by atoms with E-state index in [4.69, 9.17) is 4.42 Å². The second-order valence-electron chi connectivity index (χ2n) is 5.33. The number of furan rings is 1. The Morgan fingerprint density at radius 3 is 2.65 bits per heavy atom. The van der Waals surface area contributed by atoms with E-state index in [1.165, 1.54) is 4.68 Å². The molecule has 0 aromatic carbocycles. The van der Waals surface area contributed by atoms with E-state index >= 15 is 0 Å². The number of carbonyl (C=O) groups excluding carboxylic acids is 1. The number of hydrogen-bond donors (Lipinski definition) is 0. The van der Waals surface area contributed by atoms with Crippen LogP contribution < -0.4 is 5.56 Å². The van der Waals surface area contributed by atoms with Gasteiger partial charge in [0.05, 0.1) is 11.8 Å². The SMILES string of the molecule is CCc1nn(CC(=O)N(CC)CC)c(=O)c2cc3occc3n12. The van der Waals surface area contributed by atoms with Crippen LogP contribution in [0.2, 0.25) is 0 Å². The first-order chi connectivity index (χ1) is 11.1. The maximum Gasteiger partial charge on any atom is 0.291 e. The Labute approximate surface area is 133 Å². The first-order valence-corrected chi connectivity index (χ1v) is 7.87. The highest BCUT2D eigenvalue weighted by molar-refractivity contribution is 5.82. The van der Waals surface area contributed by atoms with Gasteiger partial charge in [-0.15, -0.1) is 0 Å². The smallest absolute Gasteiger partial charge is 0.291 e. The van der Waals surface area contributed by atoms with Crippen molar-refractivity contribution in [3.63, 3.8) is 0 Å². The molecule has 7 heteroatoms. The first kappa shape index (κ1) is 15.3. The van der Waals surface area contributed by atoms with Gasteiger partial charge in [0.1, 0.15) is 17.9 Å². The maximum atomic E-state index is 12.7. The zero-order chi connectivity index (χ0) is 16.6. The number of amides is 1. The molecule has 0 radical (unpaired) electrons. The molecule has 3 rings (SSSR count). The Morgan fingerprint density at radius 1 is 1.26 bits per heavy atom. The van der Waals surface area contributed by atoms with E-state index in [0.29, 0.717) is 30.6 Å².